The van der Waals surface area contributed by atoms with Gasteiger partial charge in [-0.25, -0.2) is 4.79 Å². The standard InChI is InChI=1S/C20H27NO4/c22-19(21-18(20(23)24)17-7-4-12-25-13-17)16-10-8-15(9-11-16)14-5-2-1-3-6-14/h1-3,5-6,15-18H,4,7-13H2,(H,21,22)(H,23,24). The molecule has 136 valence electrons. The molecule has 1 amide bonds. The minimum Gasteiger partial charge on any atom is -0.480 e. The fourth-order valence-corrected chi connectivity index (χ4v) is 4.09. The van der Waals surface area contributed by atoms with Crippen LogP contribution in [0.4, 0.5) is 0 Å². The van der Waals surface area contributed by atoms with E-state index in [9.17, 15) is 14.7 Å². The number of hydrogen-bond donors (Lipinski definition) is 2. The summed E-state index contributed by atoms with van der Waals surface area (Å²) >= 11 is 0. The van der Waals surface area contributed by atoms with Gasteiger partial charge in [-0.15, -0.1) is 0 Å². The molecular weight excluding hydrogens is 318 g/mol. The van der Waals surface area contributed by atoms with Gasteiger partial charge in [-0.3, -0.25) is 4.79 Å². The first kappa shape index (κ1) is 17.9. The largest absolute Gasteiger partial charge is 0.480 e. The van der Waals surface area contributed by atoms with Crippen molar-refractivity contribution in [3.8, 4) is 0 Å². The summed E-state index contributed by atoms with van der Waals surface area (Å²) < 4.78 is 5.39. The molecule has 0 aromatic heterocycles. The molecule has 25 heavy (non-hydrogen) atoms. The monoisotopic (exact) mass is 345 g/mol. The number of amides is 1. The summed E-state index contributed by atoms with van der Waals surface area (Å²) in [7, 11) is 0. The zero-order chi connectivity index (χ0) is 17.6. The lowest BCUT2D eigenvalue weighted by molar-refractivity contribution is -0.146. The van der Waals surface area contributed by atoms with Crippen molar-refractivity contribution in [2.45, 2.75) is 50.5 Å². The molecule has 0 radical (unpaired) electrons. The maximum atomic E-state index is 12.6. The van der Waals surface area contributed by atoms with E-state index in [0.717, 1.165) is 38.5 Å². The van der Waals surface area contributed by atoms with Crippen molar-refractivity contribution in [2.24, 2.45) is 11.8 Å². The van der Waals surface area contributed by atoms with Gasteiger partial charge in [-0.1, -0.05) is 30.3 Å². The fraction of sp³-hybridized carbons (Fsp3) is 0.600. The average Bonchev–Trinajstić information content (AvgIpc) is 2.67. The summed E-state index contributed by atoms with van der Waals surface area (Å²) in [5, 5.41) is 12.3. The Morgan fingerprint density at radius 2 is 1.80 bits per heavy atom. The molecule has 0 spiro atoms. The minimum absolute atomic E-state index is 0.0775. The Labute approximate surface area is 148 Å². The molecule has 1 aliphatic heterocycles. The van der Waals surface area contributed by atoms with Crippen LogP contribution in [-0.4, -0.2) is 36.2 Å². The van der Waals surface area contributed by atoms with E-state index in [0.29, 0.717) is 19.1 Å². The summed E-state index contributed by atoms with van der Waals surface area (Å²) in [4.78, 5) is 24.2. The molecule has 5 nitrogen and oxygen atoms in total. The van der Waals surface area contributed by atoms with Crippen LogP contribution in [0.25, 0.3) is 0 Å². The maximum absolute atomic E-state index is 12.6. The van der Waals surface area contributed by atoms with Crippen LogP contribution in [0, 0.1) is 11.8 Å². The molecule has 1 aliphatic carbocycles. The Bertz CT molecular complexity index is 575. The number of rotatable bonds is 5. The predicted octanol–water partition coefficient (Wildman–Crippen LogP) is 2.96. The summed E-state index contributed by atoms with van der Waals surface area (Å²) in [6.45, 7) is 1.10. The molecule has 0 bridgehead atoms. The zero-order valence-electron chi connectivity index (χ0n) is 14.5. The Kier molecular flexibility index (Phi) is 6.08. The number of carboxylic acid groups (broad SMARTS) is 1. The van der Waals surface area contributed by atoms with Crippen molar-refractivity contribution < 1.29 is 19.4 Å². The average molecular weight is 345 g/mol. The number of nitrogens with one attached hydrogen (secondary N) is 1. The molecule has 1 saturated carbocycles. The van der Waals surface area contributed by atoms with Gasteiger partial charge in [0.05, 0.1) is 6.61 Å². The predicted molar refractivity (Wildman–Crippen MR) is 94.3 cm³/mol. The highest BCUT2D eigenvalue weighted by Gasteiger charge is 2.34. The van der Waals surface area contributed by atoms with Gasteiger partial charge in [0.1, 0.15) is 6.04 Å². The van der Waals surface area contributed by atoms with E-state index in [2.05, 4.69) is 29.6 Å². The van der Waals surface area contributed by atoms with Crippen LogP contribution >= 0.6 is 0 Å². The fourth-order valence-electron chi connectivity index (χ4n) is 4.09. The molecule has 3 rings (SSSR count). The number of carboxylic acids is 1. The van der Waals surface area contributed by atoms with Crippen LogP contribution in [0.15, 0.2) is 30.3 Å². The lowest BCUT2D eigenvalue weighted by Gasteiger charge is -2.31. The van der Waals surface area contributed by atoms with E-state index < -0.39 is 12.0 Å². The van der Waals surface area contributed by atoms with Gasteiger partial charge in [0, 0.05) is 18.4 Å². The first-order valence-corrected chi connectivity index (χ1v) is 9.31. The SMILES string of the molecule is O=C(NC(C(=O)O)C1CCCOC1)C1CCC(c2ccccc2)CC1. The molecule has 1 aromatic carbocycles. The van der Waals surface area contributed by atoms with E-state index >= 15 is 0 Å². The number of hydrogen-bond acceptors (Lipinski definition) is 3. The van der Waals surface area contributed by atoms with Crippen molar-refractivity contribution in [3.05, 3.63) is 35.9 Å². The Morgan fingerprint density at radius 3 is 2.40 bits per heavy atom. The van der Waals surface area contributed by atoms with E-state index in [4.69, 9.17) is 4.74 Å². The van der Waals surface area contributed by atoms with E-state index in [1.54, 1.807) is 0 Å². The Balaban J connectivity index is 1.53. The van der Waals surface area contributed by atoms with Gasteiger partial charge in [0.2, 0.25) is 5.91 Å². The van der Waals surface area contributed by atoms with Crippen LogP contribution in [0.1, 0.15) is 50.0 Å². The van der Waals surface area contributed by atoms with Crippen molar-refractivity contribution in [1.82, 2.24) is 5.32 Å². The highest BCUT2D eigenvalue weighted by Crippen LogP contribution is 2.35. The van der Waals surface area contributed by atoms with Gasteiger partial charge in [-0.05, 0) is 50.0 Å². The van der Waals surface area contributed by atoms with Crippen molar-refractivity contribution in [3.63, 3.8) is 0 Å². The number of carbonyl (C=O) groups is 2. The molecule has 2 atom stereocenters. The highest BCUT2D eigenvalue weighted by atomic mass is 16.5. The van der Waals surface area contributed by atoms with E-state index in [1.807, 2.05) is 6.07 Å². The van der Waals surface area contributed by atoms with Crippen LogP contribution in [0.5, 0.6) is 0 Å². The van der Waals surface area contributed by atoms with Gasteiger partial charge in [-0.2, -0.15) is 0 Å². The summed E-state index contributed by atoms with van der Waals surface area (Å²) in [5.41, 5.74) is 1.34. The molecular formula is C20H27NO4. The normalized spacial score (nSPS) is 28.1. The smallest absolute Gasteiger partial charge is 0.326 e. The van der Waals surface area contributed by atoms with Crippen molar-refractivity contribution in [1.29, 1.82) is 0 Å². The Hall–Kier alpha value is -1.88. The third-order valence-electron chi connectivity index (χ3n) is 5.60. The molecule has 2 fully saturated rings. The summed E-state index contributed by atoms with van der Waals surface area (Å²) in [5.74, 6) is -0.763. The van der Waals surface area contributed by atoms with Gasteiger partial charge >= 0.3 is 5.97 Å². The minimum atomic E-state index is -0.957. The molecule has 1 heterocycles. The summed E-state index contributed by atoms with van der Waals surface area (Å²) in [6, 6.07) is 9.59. The second kappa shape index (κ2) is 8.48. The third-order valence-corrected chi connectivity index (χ3v) is 5.60. The molecule has 1 aromatic rings. The molecule has 2 aliphatic rings. The highest BCUT2D eigenvalue weighted by molar-refractivity contribution is 5.85. The van der Waals surface area contributed by atoms with Gasteiger partial charge < -0.3 is 15.2 Å². The second-order valence-electron chi connectivity index (χ2n) is 7.26. The van der Waals surface area contributed by atoms with Crippen LogP contribution in [0.3, 0.4) is 0 Å². The Morgan fingerprint density at radius 1 is 1.08 bits per heavy atom. The topological polar surface area (TPSA) is 75.6 Å². The van der Waals surface area contributed by atoms with Gasteiger partial charge in [0.15, 0.2) is 0 Å². The van der Waals surface area contributed by atoms with Gasteiger partial charge in [0.25, 0.3) is 0 Å². The van der Waals surface area contributed by atoms with E-state index in [-0.39, 0.29) is 17.7 Å². The number of ether oxygens (including phenoxy) is 1. The summed E-state index contributed by atoms with van der Waals surface area (Å²) in [6.07, 6.45) is 5.24. The lowest BCUT2D eigenvalue weighted by Crippen LogP contribution is -2.50. The third kappa shape index (κ3) is 4.60. The number of carbonyl (C=O) groups excluding carboxylic acids is 1. The molecule has 5 heteroatoms. The van der Waals surface area contributed by atoms with Crippen LogP contribution in [-0.2, 0) is 14.3 Å². The number of aliphatic carboxylic acids is 1. The van der Waals surface area contributed by atoms with Crippen molar-refractivity contribution in [2.75, 3.05) is 13.2 Å². The first-order valence-electron chi connectivity index (χ1n) is 9.31. The first-order chi connectivity index (χ1) is 12.1. The van der Waals surface area contributed by atoms with Crippen molar-refractivity contribution >= 4 is 11.9 Å². The lowest BCUT2D eigenvalue weighted by atomic mass is 9.78. The molecule has 2 unspecified atom stereocenters. The molecule has 1 saturated heterocycles. The van der Waals surface area contributed by atoms with Crippen LogP contribution in [0.2, 0.25) is 0 Å². The quantitative estimate of drug-likeness (QED) is 0.860. The zero-order valence-corrected chi connectivity index (χ0v) is 14.5. The van der Waals surface area contributed by atoms with E-state index in [1.165, 1.54) is 5.56 Å². The second-order valence-corrected chi connectivity index (χ2v) is 7.26. The van der Waals surface area contributed by atoms with Crippen LogP contribution < -0.4 is 5.32 Å². The molecule has 2 N–H and O–H groups in total. The number of benzene rings is 1. The maximum Gasteiger partial charge on any atom is 0.326 e.